The van der Waals surface area contributed by atoms with E-state index >= 15 is 0 Å². The van der Waals surface area contributed by atoms with Gasteiger partial charge in [0.05, 0.1) is 11.0 Å². The van der Waals surface area contributed by atoms with Gasteiger partial charge in [-0.25, -0.2) is 8.42 Å². The molecule has 3 aliphatic rings. The van der Waals surface area contributed by atoms with Crippen molar-refractivity contribution in [3.8, 4) is 0 Å². The second-order valence-electron chi connectivity index (χ2n) is 7.53. The molecule has 0 unspecified atom stereocenters. The fourth-order valence-electron chi connectivity index (χ4n) is 3.79. The molecule has 0 aromatic rings. The lowest BCUT2D eigenvalue weighted by Crippen LogP contribution is -2.45. The fourth-order valence-corrected chi connectivity index (χ4v) is 5.63. The van der Waals surface area contributed by atoms with E-state index in [1.165, 1.54) is 12.8 Å². The molecule has 5 nitrogen and oxygen atoms in total. The molecule has 0 atom stereocenters. The number of carbonyl (C=O) groups excluding carboxylic acids is 1. The number of likely N-dealkylation sites (tertiary alicyclic amines) is 1. The molecule has 1 aliphatic heterocycles. The maximum atomic E-state index is 12.3. The van der Waals surface area contributed by atoms with Crippen molar-refractivity contribution in [1.82, 2.24) is 10.2 Å². The summed E-state index contributed by atoms with van der Waals surface area (Å²) < 4.78 is 24.5. The van der Waals surface area contributed by atoms with Crippen LogP contribution in [0.2, 0.25) is 0 Å². The lowest BCUT2D eigenvalue weighted by Gasteiger charge is -2.32. The van der Waals surface area contributed by atoms with E-state index in [1.807, 2.05) is 4.90 Å². The summed E-state index contributed by atoms with van der Waals surface area (Å²) in [5.41, 5.74) is 0. The number of piperidine rings is 1. The van der Waals surface area contributed by atoms with E-state index < -0.39 is 9.84 Å². The summed E-state index contributed by atoms with van der Waals surface area (Å²) >= 11 is 0. The second kappa shape index (κ2) is 8.86. The fraction of sp³-hybridized carbons (Fsp3) is 0.941. The Bertz CT molecular complexity index is 508. The van der Waals surface area contributed by atoms with Crippen LogP contribution in [-0.4, -0.2) is 55.9 Å². The topological polar surface area (TPSA) is 66.5 Å². The van der Waals surface area contributed by atoms with Gasteiger partial charge in [-0.15, -0.1) is 12.4 Å². The van der Waals surface area contributed by atoms with E-state index in [0.29, 0.717) is 6.04 Å². The molecule has 24 heavy (non-hydrogen) atoms. The zero-order valence-corrected chi connectivity index (χ0v) is 16.0. The molecule has 140 valence electrons. The van der Waals surface area contributed by atoms with Crippen LogP contribution in [0.5, 0.6) is 0 Å². The molecule has 0 bridgehead atoms. The molecule has 1 heterocycles. The highest BCUT2D eigenvalue weighted by atomic mass is 35.5. The third kappa shape index (κ3) is 5.60. The van der Waals surface area contributed by atoms with Gasteiger partial charge >= 0.3 is 0 Å². The van der Waals surface area contributed by atoms with Crippen molar-refractivity contribution >= 4 is 28.2 Å². The summed E-state index contributed by atoms with van der Waals surface area (Å²) in [4.78, 5) is 14.1. The van der Waals surface area contributed by atoms with Crippen molar-refractivity contribution in [2.75, 3.05) is 25.4 Å². The molecule has 0 spiro atoms. The maximum Gasteiger partial charge on any atom is 0.223 e. The van der Waals surface area contributed by atoms with E-state index in [-0.39, 0.29) is 35.7 Å². The number of rotatable bonds is 7. The number of hydrogen-bond acceptors (Lipinski definition) is 4. The monoisotopic (exact) mass is 378 g/mol. The summed E-state index contributed by atoms with van der Waals surface area (Å²) in [6.07, 6.45) is 8.47. The van der Waals surface area contributed by atoms with Gasteiger partial charge in [0.2, 0.25) is 5.91 Å². The first-order valence-corrected chi connectivity index (χ1v) is 11.0. The molecule has 1 amide bonds. The minimum atomic E-state index is -3.08. The Labute approximate surface area is 152 Å². The van der Waals surface area contributed by atoms with Crippen molar-refractivity contribution in [3.05, 3.63) is 0 Å². The van der Waals surface area contributed by atoms with Gasteiger partial charge in [0, 0.05) is 25.6 Å². The molecule has 0 aromatic heterocycles. The van der Waals surface area contributed by atoms with Gasteiger partial charge in [0.25, 0.3) is 0 Å². The van der Waals surface area contributed by atoms with Crippen molar-refractivity contribution in [1.29, 1.82) is 0 Å². The number of nitrogens with zero attached hydrogens (tertiary/aromatic N) is 1. The SMILES string of the molecule is Cl.O=C(CCS(=O)(=O)C1CCCC1)N1CCC(NCC2CC2)CC1. The molecule has 0 aromatic carbocycles. The van der Waals surface area contributed by atoms with Crippen LogP contribution in [0.1, 0.15) is 57.8 Å². The van der Waals surface area contributed by atoms with Crippen LogP contribution in [0.4, 0.5) is 0 Å². The van der Waals surface area contributed by atoms with Crippen LogP contribution in [0, 0.1) is 5.92 Å². The summed E-state index contributed by atoms with van der Waals surface area (Å²) in [7, 11) is -3.08. The molecule has 7 heteroatoms. The van der Waals surface area contributed by atoms with Crippen LogP contribution in [0.3, 0.4) is 0 Å². The summed E-state index contributed by atoms with van der Waals surface area (Å²) in [6, 6.07) is 0.530. The molecule has 0 radical (unpaired) electrons. The molecule has 2 aliphatic carbocycles. The standard InChI is InChI=1S/C17H30N2O3S.ClH/c20-17(9-12-23(21,22)16-3-1-2-4-16)19-10-7-15(8-11-19)18-13-14-5-6-14;/h14-16,18H,1-13H2;1H. The average molecular weight is 379 g/mol. The van der Waals surface area contributed by atoms with Crippen LogP contribution >= 0.6 is 12.4 Å². The highest BCUT2D eigenvalue weighted by Crippen LogP contribution is 2.28. The third-order valence-corrected chi connectivity index (χ3v) is 7.91. The smallest absolute Gasteiger partial charge is 0.223 e. The predicted molar refractivity (Wildman–Crippen MR) is 98.2 cm³/mol. The first kappa shape index (κ1) is 20.0. The van der Waals surface area contributed by atoms with Crippen molar-refractivity contribution in [3.63, 3.8) is 0 Å². The molecule has 3 rings (SSSR count). The Kier molecular flexibility index (Phi) is 7.38. The van der Waals surface area contributed by atoms with Crippen LogP contribution in [0.15, 0.2) is 0 Å². The van der Waals surface area contributed by atoms with Crippen LogP contribution < -0.4 is 5.32 Å². The number of sulfone groups is 1. The van der Waals surface area contributed by atoms with Gasteiger partial charge in [-0.05, 0) is 51.0 Å². The Morgan fingerprint density at radius 1 is 1.00 bits per heavy atom. The molecule has 1 N–H and O–H groups in total. The number of hydrogen-bond donors (Lipinski definition) is 1. The van der Waals surface area contributed by atoms with E-state index in [4.69, 9.17) is 0 Å². The molecule has 2 saturated carbocycles. The van der Waals surface area contributed by atoms with Gasteiger partial charge in [0.15, 0.2) is 9.84 Å². The Balaban J connectivity index is 0.00000208. The van der Waals surface area contributed by atoms with Gasteiger partial charge < -0.3 is 10.2 Å². The maximum absolute atomic E-state index is 12.3. The van der Waals surface area contributed by atoms with Gasteiger partial charge in [-0.1, -0.05) is 12.8 Å². The highest BCUT2D eigenvalue weighted by molar-refractivity contribution is 7.92. The number of halogens is 1. The summed E-state index contributed by atoms with van der Waals surface area (Å²) in [5.74, 6) is 0.943. The van der Waals surface area contributed by atoms with Crippen LogP contribution in [-0.2, 0) is 14.6 Å². The van der Waals surface area contributed by atoms with E-state index in [2.05, 4.69) is 5.32 Å². The second-order valence-corrected chi connectivity index (χ2v) is 9.93. The van der Waals surface area contributed by atoms with Gasteiger partial charge in [-0.2, -0.15) is 0 Å². The molecular weight excluding hydrogens is 348 g/mol. The normalized spacial score (nSPS) is 23.2. The van der Waals surface area contributed by atoms with Gasteiger partial charge in [-0.3, -0.25) is 4.79 Å². The average Bonchev–Trinajstić information content (AvgIpc) is 3.21. The minimum Gasteiger partial charge on any atom is -0.343 e. The Morgan fingerprint density at radius 3 is 2.21 bits per heavy atom. The van der Waals surface area contributed by atoms with E-state index in [0.717, 1.165) is 64.1 Å². The molecular formula is C17H31ClN2O3S. The molecule has 3 fully saturated rings. The number of nitrogens with one attached hydrogen (secondary N) is 1. The minimum absolute atomic E-state index is 0. The Morgan fingerprint density at radius 2 is 1.62 bits per heavy atom. The summed E-state index contributed by atoms with van der Waals surface area (Å²) in [5, 5.41) is 3.42. The first-order chi connectivity index (χ1) is 11.0. The first-order valence-electron chi connectivity index (χ1n) is 9.27. The Hall–Kier alpha value is -0.330. The van der Waals surface area contributed by atoms with Crippen molar-refractivity contribution < 1.29 is 13.2 Å². The van der Waals surface area contributed by atoms with E-state index in [1.54, 1.807) is 0 Å². The summed E-state index contributed by atoms with van der Waals surface area (Å²) in [6.45, 7) is 2.66. The van der Waals surface area contributed by atoms with Crippen molar-refractivity contribution in [2.45, 2.75) is 69.1 Å². The third-order valence-electron chi connectivity index (χ3n) is 5.65. The lowest BCUT2D eigenvalue weighted by molar-refractivity contribution is -0.131. The zero-order chi connectivity index (χ0) is 16.3. The quantitative estimate of drug-likeness (QED) is 0.737. The lowest BCUT2D eigenvalue weighted by atomic mass is 10.0. The number of amides is 1. The zero-order valence-electron chi connectivity index (χ0n) is 14.4. The van der Waals surface area contributed by atoms with Crippen LogP contribution in [0.25, 0.3) is 0 Å². The number of carbonyl (C=O) groups is 1. The largest absolute Gasteiger partial charge is 0.343 e. The van der Waals surface area contributed by atoms with Gasteiger partial charge in [0.1, 0.15) is 0 Å². The highest BCUT2D eigenvalue weighted by Gasteiger charge is 2.30. The van der Waals surface area contributed by atoms with Crippen molar-refractivity contribution in [2.24, 2.45) is 5.92 Å². The predicted octanol–water partition coefficient (Wildman–Crippen LogP) is 2.15. The van der Waals surface area contributed by atoms with E-state index in [9.17, 15) is 13.2 Å². The molecule has 1 saturated heterocycles.